The standard InChI is InChI=1S/C20H24O3/c1-13(2)6-5-11-20(3)16-7-4-8-17(22)19(16)15-12-14(21)9-10-18(15)23-20/h6,9-10,12,21H,4-5,7-8,11H2,1-3H3. The Morgan fingerprint density at radius 3 is 2.87 bits per heavy atom. The van der Waals surface area contributed by atoms with Gasteiger partial charge in [-0.3, -0.25) is 4.79 Å². The normalized spacial score (nSPS) is 23.0. The molecule has 23 heavy (non-hydrogen) atoms. The lowest BCUT2D eigenvalue weighted by molar-refractivity contribution is -0.114. The molecule has 1 unspecified atom stereocenters. The quantitative estimate of drug-likeness (QED) is 0.816. The molecular formula is C20H24O3. The number of fused-ring (bicyclic) bond motifs is 2. The molecule has 1 atom stereocenters. The van der Waals surface area contributed by atoms with Crippen LogP contribution in [0.5, 0.6) is 11.5 Å². The fraction of sp³-hybridized carbons (Fsp3) is 0.450. The highest BCUT2D eigenvalue weighted by Gasteiger charge is 2.41. The van der Waals surface area contributed by atoms with Crippen molar-refractivity contribution in [1.29, 1.82) is 0 Å². The van der Waals surface area contributed by atoms with Crippen LogP contribution in [0, 0.1) is 0 Å². The van der Waals surface area contributed by atoms with Crippen molar-refractivity contribution in [3.05, 3.63) is 41.0 Å². The first-order chi connectivity index (χ1) is 10.9. The lowest BCUT2D eigenvalue weighted by atomic mass is 9.75. The number of rotatable bonds is 3. The zero-order valence-electron chi connectivity index (χ0n) is 14.1. The maximum absolute atomic E-state index is 12.6. The second-order valence-corrected chi connectivity index (χ2v) is 6.96. The van der Waals surface area contributed by atoms with E-state index >= 15 is 0 Å². The number of carbonyl (C=O) groups is 1. The molecule has 122 valence electrons. The summed E-state index contributed by atoms with van der Waals surface area (Å²) >= 11 is 0. The minimum Gasteiger partial charge on any atom is -0.508 e. The van der Waals surface area contributed by atoms with Gasteiger partial charge in [0.05, 0.1) is 0 Å². The number of allylic oxidation sites excluding steroid dienone is 3. The Balaban J connectivity index is 2.07. The highest BCUT2D eigenvalue weighted by Crippen LogP contribution is 2.48. The molecule has 1 aliphatic heterocycles. The van der Waals surface area contributed by atoms with Gasteiger partial charge in [-0.15, -0.1) is 0 Å². The summed E-state index contributed by atoms with van der Waals surface area (Å²) in [5.74, 6) is 1.05. The summed E-state index contributed by atoms with van der Waals surface area (Å²) in [4.78, 5) is 12.6. The van der Waals surface area contributed by atoms with Crippen LogP contribution < -0.4 is 4.74 Å². The Labute approximate surface area is 137 Å². The molecule has 0 spiro atoms. The molecule has 1 aromatic carbocycles. The monoisotopic (exact) mass is 312 g/mol. The van der Waals surface area contributed by atoms with Crippen molar-refractivity contribution in [3.8, 4) is 11.5 Å². The van der Waals surface area contributed by atoms with Gasteiger partial charge in [0.2, 0.25) is 0 Å². The van der Waals surface area contributed by atoms with Crippen LogP contribution in [-0.4, -0.2) is 16.5 Å². The van der Waals surface area contributed by atoms with Crippen LogP contribution in [-0.2, 0) is 4.79 Å². The summed E-state index contributed by atoms with van der Waals surface area (Å²) in [6.45, 7) is 6.28. The molecular weight excluding hydrogens is 288 g/mol. The van der Waals surface area contributed by atoms with E-state index in [-0.39, 0.29) is 11.5 Å². The molecule has 0 saturated carbocycles. The molecule has 1 heterocycles. The van der Waals surface area contributed by atoms with Crippen molar-refractivity contribution in [2.45, 2.75) is 58.5 Å². The fourth-order valence-corrected chi connectivity index (χ4v) is 3.63. The van der Waals surface area contributed by atoms with Gasteiger partial charge < -0.3 is 9.84 Å². The number of ether oxygens (including phenoxy) is 1. The molecule has 0 amide bonds. The third kappa shape index (κ3) is 2.92. The third-order valence-electron chi connectivity index (χ3n) is 4.79. The van der Waals surface area contributed by atoms with Crippen LogP contribution in [0.2, 0.25) is 0 Å². The molecule has 0 aromatic heterocycles. The number of aromatic hydroxyl groups is 1. The van der Waals surface area contributed by atoms with Crippen molar-refractivity contribution in [1.82, 2.24) is 0 Å². The molecule has 1 N–H and O–H groups in total. The molecule has 0 fully saturated rings. The fourth-order valence-electron chi connectivity index (χ4n) is 3.63. The Morgan fingerprint density at radius 2 is 2.13 bits per heavy atom. The number of phenolic OH excluding ortho intramolecular Hbond substituents is 1. The maximum Gasteiger partial charge on any atom is 0.163 e. The van der Waals surface area contributed by atoms with Crippen LogP contribution in [0.1, 0.15) is 58.4 Å². The molecule has 0 radical (unpaired) electrons. The number of Topliss-reactive ketones (excluding diaryl/α,β-unsaturated/α-hetero) is 1. The highest BCUT2D eigenvalue weighted by molar-refractivity contribution is 6.23. The van der Waals surface area contributed by atoms with Gasteiger partial charge in [-0.05, 0) is 70.2 Å². The highest BCUT2D eigenvalue weighted by atomic mass is 16.5. The zero-order chi connectivity index (χ0) is 16.6. The third-order valence-corrected chi connectivity index (χ3v) is 4.79. The number of hydrogen-bond acceptors (Lipinski definition) is 3. The molecule has 3 nitrogen and oxygen atoms in total. The molecule has 1 aromatic rings. The van der Waals surface area contributed by atoms with E-state index in [2.05, 4.69) is 26.8 Å². The minimum absolute atomic E-state index is 0.172. The van der Waals surface area contributed by atoms with Crippen molar-refractivity contribution < 1.29 is 14.6 Å². The molecule has 3 heteroatoms. The van der Waals surface area contributed by atoms with Crippen LogP contribution in [0.4, 0.5) is 0 Å². The van der Waals surface area contributed by atoms with Gasteiger partial charge in [0, 0.05) is 17.6 Å². The van der Waals surface area contributed by atoms with Gasteiger partial charge in [-0.2, -0.15) is 0 Å². The number of phenols is 1. The molecule has 1 aliphatic carbocycles. The van der Waals surface area contributed by atoms with Gasteiger partial charge >= 0.3 is 0 Å². The second kappa shape index (κ2) is 5.88. The lowest BCUT2D eigenvalue weighted by Gasteiger charge is -2.41. The lowest BCUT2D eigenvalue weighted by Crippen LogP contribution is -2.40. The summed E-state index contributed by atoms with van der Waals surface area (Å²) in [6, 6.07) is 5.05. The average Bonchev–Trinajstić information content (AvgIpc) is 2.48. The van der Waals surface area contributed by atoms with E-state index in [0.29, 0.717) is 12.2 Å². The SMILES string of the molecule is CC(C)=CCCC1(C)Oc2ccc(O)cc2C2=C1CCCC2=O. The predicted molar refractivity (Wildman–Crippen MR) is 91.6 cm³/mol. The van der Waals surface area contributed by atoms with Crippen molar-refractivity contribution in [2.24, 2.45) is 0 Å². The summed E-state index contributed by atoms with van der Waals surface area (Å²) in [7, 11) is 0. The molecule has 3 rings (SSSR count). The largest absolute Gasteiger partial charge is 0.508 e. The zero-order valence-corrected chi connectivity index (χ0v) is 14.1. The second-order valence-electron chi connectivity index (χ2n) is 6.96. The number of benzene rings is 1. The summed E-state index contributed by atoms with van der Waals surface area (Å²) in [5.41, 5.74) is 3.50. The van der Waals surface area contributed by atoms with Crippen molar-refractivity contribution >= 4 is 11.4 Å². The number of carbonyl (C=O) groups excluding carboxylic acids is 1. The Hall–Kier alpha value is -2.03. The first-order valence-corrected chi connectivity index (χ1v) is 8.33. The summed E-state index contributed by atoms with van der Waals surface area (Å²) < 4.78 is 6.32. The van der Waals surface area contributed by atoms with Crippen LogP contribution in [0.25, 0.3) is 5.57 Å². The van der Waals surface area contributed by atoms with E-state index in [1.54, 1.807) is 18.2 Å². The predicted octanol–water partition coefficient (Wildman–Crippen LogP) is 4.80. The van der Waals surface area contributed by atoms with Crippen LogP contribution in [0.3, 0.4) is 0 Å². The van der Waals surface area contributed by atoms with Crippen molar-refractivity contribution in [2.75, 3.05) is 0 Å². The van der Waals surface area contributed by atoms with Crippen LogP contribution >= 0.6 is 0 Å². The average molecular weight is 312 g/mol. The summed E-state index contributed by atoms with van der Waals surface area (Å²) in [5, 5.41) is 9.80. The van der Waals surface area contributed by atoms with E-state index < -0.39 is 5.60 Å². The Kier molecular flexibility index (Phi) is 4.05. The topological polar surface area (TPSA) is 46.5 Å². The van der Waals surface area contributed by atoms with Gasteiger partial charge in [0.15, 0.2) is 5.78 Å². The van der Waals surface area contributed by atoms with Crippen molar-refractivity contribution in [3.63, 3.8) is 0 Å². The van der Waals surface area contributed by atoms with Gasteiger partial charge in [0.1, 0.15) is 17.1 Å². The Bertz CT molecular complexity index is 708. The molecule has 2 aliphatic rings. The first-order valence-electron chi connectivity index (χ1n) is 8.33. The first kappa shape index (κ1) is 15.9. The van der Waals surface area contributed by atoms with Gasteiger partial charge in [-0.25, -0.2) is 0 Å². The number of ketones is 1. The van der Waals surface area contributed by atoms with E-state index in [9.17, 15) is 9.90 Å². The number of hydrogen-bond donors (Lipinski definition) is 1. The summed E-state index contributed by atoms with van der Waals surface area (Å²) in [6.07, 6.45) is 6.35. The molecule has 0 saturated heterocycles. The minimum atomic E-state index is -0.443. The van der Waals surface area contributed by atoms with E-state index in [1.807, 2.05) is 0 Å². The van der Waals surface area contributed by atoms with E-state index in [1.165, 1.54) is 5.57 Å². The Morgan fingerprint density at radius 1 is 1.35 bits per heavy atom. The van der Waals surface area contributed by atoms with E-state index in [0.717, 1.165) is 42.4 Å². The smallest absolute Gasteiger partial charge is 0.163 e. The van der Waals surface area contributed by atoms with E-state index in [4.69, 9.17) is 4.74 Å². The van der Waals surface area contributed by atoms with Gasteiger partial charge in [-0.1, -0.05) is 11.6 Å². The van der Waals surface area contributed by atoms with Gasteiger partial charge in [0.25, 0.3) is 0 Å². The van der Waals surface area contributed by atoms with Crippen LogP contribution in [0.15, 0.2) is 35.4 Å². The maximum atomic E-state index is 12.6. The molecule has 0 bridgehead atoms.